The van der Waals surface area contributed by atoms with Gasteiger partial charge in [0.15, 0.2) is 0 Å². The molecule has 4 heteroatoms. The van der Waals surface area contributed by atoms with Crippen molar-refractivity contribution in [2.24, 2.45) is 5.92 Å². The van der Waals surface area contributed by atoms with Crippen molar-refractivity contribution in [1.82, 2.24) is 10.2 Å². The number of hydrogen-bond acceptors (Lipinski definition) is 3. The van der Waals surface area contributed by atoms with Crippen LogP contribution in [0.5, 0.6) is 0 Å². The Morgan fingerprint density at radius 1 is 1.35 bits per heavy atom. The number of likely N-dealkylation sites (N-methyl/N-ethyl adjacent to an activating group) is 1. The number of hydrogen-bond donors (Lipinski definition) is 2. The number of nitrogens with zero attached hydrogens (tertiary/aromatic N) is 1. The van der Waals surface area contributed by atoms with Crippen LogP contribution in [0.4, 0.5) is 5.69 Å². The molecular weight excluding hydrogens is 250 g/mol. The zero-order valence-electron chi connectivity index (χ0n) is 12.7. The molecule has 1 aromatic rings. The summed E-state index contributed by atoms with van der Waals surface area (Å²) in [7, 11) is 1.78. The summed E-state index contributed by atoms with van der Waals surface area (Å²) < 4.78 is 0. The van der Waals surface area contributed by atoms with Crippen molar-refractivity contribution in [3.63, 3.8) is 0 Å². The lowest BCUT2D eigenvalue weighted by Gasteiger charge is -2.16. The predicted octanol–water partition coefficient (Wildman–Crippen LogP) is 2.21. The van der Waals surface area contributed by atoms with Gasteiger partial charge >= 0.3 is 0 Å². The van der Waals surface area contributed by atoms with Crippen LogP contribution in [0.15, 0.2) is 18.2 Å². The number of fused-ring (bicyclic) bond motifs is 1. The standard InChI is InChI=1S/C16H25N3O/c1-12(2)7-8-19-10-13-5-4-6-15(14(13)11-19)18-16(20)9-17-3/h4-6,12,17H,7-11H2,1-3H3,(H,18,20). The van der Waals surface area contributed by atoms with E-state index < -0.39 is 0 Å². The first-order valence-electron chi connectivity index (χ1n) is 7.37. The monoisotopic (exact) mass is 275 g/mol. The van der Waals surface area contributed by atoms with E-state index in [9.17, 15) is 4.79 Å². The predicted molar refractivity (Wildman–Crippen MR) is 82.6 cm³/mol. The first-order valence-corrected chi connectivity index (χ1v) is 7.37. The zero-order valence-corrected chi connectivity index (χ0v) is 12.7. The van der Waals surface area contributed by atoms with Crippen LogP contribution in [0.3, 0.4) is 0 Å². The van der Waals surface area contributed by atoms with Crippen molar-refractivity contribution in [2.45, 2.75) is 33.4 Å². The number of carbonyl (C=O) groups is 1. The van der Waals surface area contributed by atoms with Gasteiger partial charge in [-0.05, 0) is 43.1 Å². The molecular formula is C16H25N3O. The van der Waals surface area contributed by atoms with E-state index >= 15 is 0 Å². The van der Waals surface area contributed by atoms with Gasteiger partial charge in [0.2, 0.25) is 5.91 Å². The van der Waals surface area contributed by atoms with Gasteiger partial charge in [0, 0.05) is 18.8 Å². The third-order valence-electron chi connectivity index (χ3n) is 3.68. The van der Waals surface area contributed by atoms with Crippen LogP contribution in [0.2, 0.25) is 0 Å². The highest BCUT2D eigenvalue weighted by atomic mass is 16.1. The molecule has 2 rings (SSSR count). The van der Waals surface area contributed by atoms with Crippen molar-refractivity contribution in [3.8, 4) is 0 Å². The van der Waals surface area contributed by atoms with Crippen molar-refractivity contribution in [1.29, 1.82) is 0 Å². The lowest BCUT2D eigenvalue weighted by Crippen LogP contribution is -2.25. The normalized spacial score (nSPS) is 14.6. The molecule has 0 saturated carbocycles. The number of anilines is 1. The van der Waals surface area contributed by atoms with Crippen molar-refractivity contribution in [2.75, 3.05) is 25.5 Å². The van der Waals surface area contributed by atoms with E-state index in [1.54, 1.807) is 7.05 Å². The minimum atomic E-state index is 0.0153. The summed E-state index contributed by atoms with van der Waals surface area (Å²) in [5.74, 6) is 0.745. The van der Waals surface area contributed by atoms with Crippen LogP contribution < -0.4 is 10.6 Å². The van der Waals surface area contributed by atoms with E-state index in [0.717, 1.165) is 31.2 Å². The van der Waals surface area contributed by atoms with Crippen LogP contribution in [0, 0.1) is 5.92 Å². The molecule has 4 nitrogen and oxygen atoms in total. The summed E-state index contributed by atoms with van der Waals surface area (Å²) in [5, 5.41) is 5.88. The first-order chi connectivity index (χ1) is 9.60. The molecule has 0 aliphatic carbocycles. The second-order valence-electron chi connectivity index (χ2n) is 5.91. The number of carbonyl (C=O) groups excluding carboxylic acids is 1. The van der Waals surface area contributed by atoms with E-state index in [4.69, 9.17) is 0 Å². The van der Waals surface area contributed by atoms with Crippen molar-refractivity contribution < 1.29 is 4.79 Å². The summed E-state index contributed by atoms with van der Waals surface area (Å²) in [5.41, 5.74) is 3.59. The lowest BCUT2D eigenvalue weighted by molar-refractivity contribution is -0.115. The summed E-state index contributed by atoms with van der Waals surface area (Å²) in [6.07, 6.45) is 1.22. The van der Waals surface area contributed by atoms with Crippen molar-refractivity contribution >= 4 is 11.6 Å². The Morgan fingerprint density at radius 3 is 2.85 bits per heavy atom. The quantitative estimate of drug-likeness (QED) is 0.836. The molecule has 0 unspecified atom stereocenters. The van der Waals surface area contributed by atoms with Crippen molar-refractivity contribution in [3.05, 3.63) is 29.3 Å². The Balaban J connectivity index is 2.02. The van der Waals surface area contributed by atoms with Gasteiger partial charge in [-0.15, -0.1) is 0 Å². The van der Waals surface area contributed by atoms with E-state index in [1.165, 1.54) is 17.5 Å². The smallest absolute Gasteiger partial charge is 0.238 e. The second kappa shape index (κ2) is 6.86. The van der Waals surface area contributed by atoms with E-state index in [2.05, 4.69) is 35.4 Å². The molecule has 1 aliphatic heterocycles. The maximum absolute atomic E-state index is 11.7. The highest BCUT2D eigenvalue weighted by molar-refractivity contribution is 5.93. The molecule has 0 radical (unpaired) electrons. The topological polar surface area (TPSA) is 44.4 Å². The van der Waals surface area contributed by atoms with Gasteiger partial charge in [-0.2, -0.15) is 0 Å². The molecule has 0 bridgehead atoms. The average Bonchev–Trinajstić information content (AvgIpc) is 2.81. The molecule has 0 atom stereocenters. The van der Waals surface area contributed by atoms with Gasteiger partial charge in [0.25, 0.3) is 0 Å². The second-order valence-corrected chi connectivity index (χ2v) is 5.91. The van der Waals surface area contributed by atoms with Gasteiger partial charge in [0.1, 0.15) is 0 Å². The Kier molecular flexibility index (Phi) is 5.15. The number of rotatable bonds is 6. The third kappa shape index (κ3) is 3.81. The van der Waals surface area contributed by atoms with E-state index in [-0.39, 0.29) is 5.91 Å². The van der Waals surface area contributed by atoms with Crippen LogP contribution >= 0.6 is 0 Å². The minimum Gasteiger partial charge on any atom is -0.325 e. The molecule has 1 aromatic carbocycles. The highest BCUT2D eigenvalue weighted by Gasteiger charge is 2.21. The molecule has 2 N–H and O–H groups in total. The van der Waals surface area contributed by atoms with Crippen LogP contribution in [0.1, 0.15) is 31.4 Å². The highest BCUT2D eigenvalue weighted by Crippen LogP contribution is 2.29. The number of amides is 1. The van der Waals surface area contributed by atoms with Crippen LogP contribution in [-0.4, -0.2) is 30.9 Å². The Morgan fingerprint density at radius 2 is 2.15 bits per heavy atom. The van der Waals surface area contributed by atoms with Gasteiger partial charge in [-0.25, -0.2) is 0 Å². The fourth-order valence-corrected chi connectivity index (χ4v) is 2.56. The van der Waals surface area contributed by atoms with Crippen LogP contribution in [-0.2, 0) is 17.9 Å². The van der Waals surface area contributed by atoms with E-state index in [0.29, 0.717) is 6.54 Å². The third-order valence-corrected chi connectivity index (χ3v) is 3.68. The lowest BCUT2D eigenvalue weighted by atomic mass is 10.1. The van der Waals surface area contributed by atoms with E-state index in [1.807, 2.05) is 12.1 Å². The maximum Gasteiger partial charge on any atom is 0.238 e. The molecule has 20 heavy (non-hydrogen) atoms. The molecule has 1 amide bonds. The summed E-state index contributed by atoms with van der Waals surface area (Å²) >= 11 is 0. The average molecular weight is 275 g/mol. The van der Waals surface area contributed by atoms with Crippen LogP contribution in [0.25, 0.3) is 0 Å². The van der Waals surface area contributed by atoms with Gasteiger partial charge in [0.05, 0.1) is 6.54 Å². The SMILES string of the molecule is CNCC(=O)Nc1cccc2c1CN(CCC(C)C)C2. The molecule has 0 fully saturated rings. The summed E-state index contributed by atoms with van der Waals surface area (Å²) in [6, 6.07) is 6.19. The Labute approximate surface area is 121 Å². The van der Waals surface area contributed by atoms with Gasteiger partial charge in [-0.1, -0.05) is 26.0 Å². The fraction of sp³-hybridized carbons (Fsp3) is 0.562. The molecule has 0 aromatic heterocycles. The molecule has 0 saturated heterocycles. The fourth-order valence-electron chi connectivity index (χ4n) is 2.56. The van der Waals surface area contributed by atoms with Gasteiger partial charge in [-0.3, -0.25) is 9.69 Å². The first kappa shape index (κ1) is 15.0. The summed E-state index contributed by atoms with van der Waals surface area (Å²) in [4.78, 5) is 14.2. The molecule has 0 spiro atoms. The molecule has 110 valence electrons. The van der Waals surface area contributed by atoms with Gasteiger partial charge < -0.3 is 10.6 Å². The Bertz CT molecular complexity index is 471. The minimum absolute atomic E-state index is 0.0153. The molecule has 1 heterocycles. The molecule has 1 aliphatic rings. The largest absolute Gasteiger partial charge is 0.325 e. The maximum atomic E-state index is 11.7. The zero-order chi connectivity index (χ0) is 14.5. The Hall–Kier alpha value is -1.39. The summed E-state index contributed by atoms with van der Waals surface area (Å²) in [6.45, 7) is 7.92. The number of benzene rings is 1. The number of nitrogens with one attached hydrogen (secondary N) is 2.